The van der Waals surface area contributed by atoms with Crippen molar-refractivity contribution in [3.8, 4) is 17.1 Å². The SMILES string of the molecule is O=C1CCCC2=C1C(c1ccccn1)n1nc(-c3cccc(O)c3)nc1N2. The van der Waals surface area contributed by atoms with Gasteiger partial charge < -0.3 is 10.4 Å². The largest absolute Gasteiger partial charge is 0.508 e. The van der Waals surface area contributed by atoms with E-state index in [1.807, 2.05) is 24.3 Å². The number of carbonyl (C=O) groups is 1. The number of pyridine rings is 1. The molecule has 0 saturated heterocycles. The van der Waals surface area contributed by atoms with Crippen LogP contribution in [-0.4, -0.2) is 30.6 Å². The van der Waals surface area contributed by atoms with Gasteiger partial charge in [0.15, 0.2) is 11.6 Å². The zero-order valence-corrected chi connectivity index (χ0v) is 14.5. The minimum Gasteiger partial charge on any atom is -0.508 e. The summed E-state index contributed by atoms with van der Waals surface area (Å²) in [6.07, 6.45) is 3.89. The van der Waals surface area contributed by atoms with Crippen LogP contribution in [0.2, 0.25) is 0 Å². The first-order chi connectivity index (χ1) is 13.2. The Morgan fingerprint density at radius 3 is 2.89 bits per heavy atom. The molecule has 1 aromatic carbocycles. The highest BCUT2D eigenvalue weighted by molar-refractivity contribution is 5.99. The summed E-state index contributed by atoms with van der Waals surface area (Å²) in [7, 11) is 0. The van der Waals surface area contributed by atoms with Crippen molar-refractivity contribution in [2.45, 2.75) is 25.3 Å². The number of phenols is 1. The Bertz CT molecular complexity index is 1070. The van der Waals surface area contributed by atoms with Gasteiger partial charge in [0.2, 0.25) is 5.95 Å². The number of anilines is 1. The molecule has 0 fully saturated rings. The fraction of sp³-hybridized carbons (Fsp3) is 0.200. The van der Waals surface area contributed by atoms with Gasteiger partial charge in [-0.25, -0.2) is 4.68 Å². The number of aromatic nitrogens is 4. The number of fused-ring (bicyclic) bond motifs is 1. The molecule has 1 unspecified atom stereocenters. The summed E-state index contributed by atoms with van der Waals surface area (Å²) in [4.78, 5) is 21.8. The summed E-state index contributed by atoms with van der Waals surface area (Å²) in [5.74, 6) is 1.35. The van der Waals surface area contributed by atoms with Gasteiger partial charge in [0.1, 0.15) is 11.8 Å². The third-order valence-electron chi connectivity index (χ3n) is 4.94. The minimum absolute atomic E-state index is 0.124. The third kappa shape index (κ3) is 2.59. The van der Waals surface area contributed by atoms with E-state index < -0.39 is 6.04 Å². The lowest BCUT2D eigenvalue weighted by atomic mass is 9.87. The maximum Gasteiger partial charge on any atom is 0.226 e. The molecule has 27 heavy (non-hydrogen) atoms. The predicted octanol–water partition coefficient (Wildman–Crippen LogP) is 3.07. The van der Waals surface area contributed by atoms with Crippen LogP contribution in [0.25, 0.3) is 11.4 Å². The van der Waals surface area contributed by atoms with Crippen LogP contribution < -0.4 is 5.32 Å². The molecule has 3 aromatic rings. The molecule has 0 saturated carbocycles. The summed E-state index contributed by atoms with van der Waals surface area (Å²) in [5, 5.41) is 17.7. The van der Waals surface area contributed by atoms with Crippen molar-refractivity contribution in [2.24, 2.45) is 0 Å². The third-order valence-corrected chi connectivity index (χ3v) is 4.94. The number of Topliss-reactive ketones (excluding diaryl/α,β-unsaturated/α-hetero) is 1. The molecule has 1 aliphatic heterocycles. The van der Waals surface area contributed by atoms with E-state index in [2.05, 4.69) is 20.4 Å². The van der Waals surface area contributed by atoms with Gasteiger partial charge in [0.05, 0.1) is 5.69 Å². The van der Waals surface area contributed by atoms with Crippen molar-refractivity contribution >= 4 is 11.7 Å². The molecule has 7 heteroatoms. The van der Waals surface area contributed by atoms with Crippen LogP contribution in [-0.2, 0) is 4.79 Å². The Morgan fingerprint density at radius 2 is 2.07 bits per heavy atom. The monoisotopic (exact) mass is 359 g/mol. The Hall–Kier alpha value is -3.48. The zero-order valence-electron chi connectivity index (χ0n) is 14.5. The number of aromatic hydroxyl groups is 1. The lowest BCUT2D eigenvalue weighted by Crippen LogP contribution is -2.32. The second kappa shape index (κ2) is 6.05. The van der Waals surface area contributed by atoms with Gasteiger partial charge in [-0.2, -0.15) is 4.98 Å². The molecule has 2 aromatic heterocycles. The van der Waals surface area contributed by atoms with Crippen molar-refractivity contribution in [1.29, 1.82) is 0 Å². The standard InChI is InChI=1S/C20H17N5O2/c26-13-6-3-5-12(11-13)19-23-20-22-14-8-4-9-16(27)17(14)18(25(20)24-19)15-7-1-2-10-21-15/h1-3,5-7,10-11,18,26H,4,8-9H2,(H,22,23,24). The summed E-state index contributed by atoms with van der Waals surface area (Å²) in [6.45, 7) is 0. The number of benzene rings is 1. The molecule has 2 aliphatic rings. The Balaban J connectivity index is 1.68. The second-order valence-corrected chi connectivity index (χ2v) is 6.71. The van der Waals surface area contributed by atoms with E-state index in [4.69, 9.17) is 0 Å². The van der Waals surface area contributed by atoms with Crippen molar-refractivity contribution in [3.05, 3.63) is 65.6 Å². The number of nitrogens with one attached hydrogen (secondary N) is 1. The Labute approximate surface area is 155 Å². The number of rotatable bonds is 2. The summed E-state index contributed by atoms with van der Waals surface area (Å²) in [5.41, 5.74) is 3.10. The van der Waals surface area contributed by atoms with Crippen LogP contribution in [0.3, 0.4) is 0 Å². The van der Waals surface area contributed by atoms with E-state index in [0.717, 1.165) is 29.8 Å². The van der Waals surface area contributed by atoms with Crippen LogP contribution in [0.15, 0.2) is 59.9 Å². The second-order valence-electron chi connectivity index (χ2n) is 6.71. The molecule has 0 spiro atoms. The number of allylic oxidation sites excluding steroid dienone is 2. The number of nitrogens with zero attached hydrogens (tertiary/aromatic N) is 4. The van der Waals surface area contributed by atoms with Crippen molar-refractivity contribution in [1.82, 2.24) is 19.7 Å². The number of phenolic OH excluding ortho intramolecular Hbond substituents is 1. The van der Waals surface area contributed by atoms with Crippen LogP contribution in [0, 0.1) is 0 Å². The van der Waals surface area contributed by atoms with E-state index in [1.54, 1.807) is 29.1 Å². The molecular formula is C20H17N5O2. The molecule has 1 aliphatic carbocycles. The first-order valence-electron chi connectivity index (χ1n) is 8.91. The van der Waals surface area contributed by atoms with Gasteiger partial charge >= 0.3 is 0 Å². The molecule has 3 heterocycles. The van der Waals surface area contributed by atoms with E-state index in [-0.39, 0.29) is 11.5 Å². The van der Waals surface area contributed by atoms with E-state index in [1.165, 1.54) is 0 Å². The average Bonchev–Trinajstić information content (AvgIpc) is 3.11. The van der Waals surface area contributed by atoms with Crippen LogP contribution in [0.5, 0.6) is 5.75 Å². The van der Waals surface area contributed by atoms with Gasteiger partial charge in [-0.05, 0) is 37.1 Å². The maximum atomic E-state index is 12.7. The number of carbonyl (C=O) groups excluding carboxylic acids is 1. The molecule has 134 valence electrons. The smallest absolute Gasteiger partial charge is 0.226 e. The highest BCUT2D eigenvalue weighted by Gasteiger charge is 2.37. The van der Waals surface area contributed by atoms with Gasteiger partial charge in [0.25, 0.3) is 0 Å². The van der Waals surface area contributed by atoms with Crippen molar-refractivity contribution in [2.75, 3.05) is 5.32 Å². The maximum absolute atomic E-state index is 12.7. The van der Waals surface area contributed by atoms with E-state index in [0.29, 0.717) is 23.8 Å². The van der Waals surface area contributed by atoms with Crippen LogP contribution in [0.1, 0.15) is 31.0 Å². The number of hydrogen-bond donors (Lipinski definition) is 2. The van der Waals surface area contributed by atoms with Gasteiger partial charge in [-0.1, -0.05) is 18.2 Å². The van der Waals surface area contributed by atoms with Gasteiger partial charge in [-0.15, -0.1) is 5.10 Å². The molecule has 2 N–H and O–H groups in total. The van der Waals surface area contributed by atoms with Crippen LogP contribution in [0.4, 0.5) is 5.95 Å². The van der Waals surface area contributed by atoms with E-state index >= 15 is 0 Å². The number of ketones is 1. The average molecular weight is 359 g/mol. The highest BCUT2D eigenvalue weighted by Crippen LogP contribution is 2.40. The fourth-order valence-electron chi connectivity index (χ4n) is 3.73. The lowest BCUT2D eigenvalue weighted by Gasteiger charge is -2.31. The molecule has 0 bridgehead atoms. The highest BCUT2D eigenvalue weighted by atomic mass is 16.3. The fourth-order valence-corrected chi connectivity index (χ4v) is 3.73. The first kappa shape index (κ1) is 15.7. The minimum atomic E-state index is -0.399. The zero-order chi connectivity index (χ0) is 18.4. The Morgan fingerprint density at radius 1 is 1.15 bits per heavy atom. The lowest BCUT2D eigenvalue weighted by molar-refractivity contribution is -0.116. The quantitative estimate of drug-likeness (QED) is 0.730. The van der Waals surface area contributed by atoms with Gasteiger partial charge in [-0.3, -0.25) is 9.78 Å². The molecule has 0 radical (unpaired) electrons. The number of hydrogen-bond acceptors (Lipinski definition) is 6. The normalized spacial score (nSPS) is 18.7. The van der Waals surface area contributed by atoms with Crippen LogP contribution >= 0.6 is 0 Å². The Kier molecular flexibility index (Phi) is 3.53. The molecule has 5 rings (SSSR count). The molecule has 7 nitrogen and oxygen atoms in total. The summed E-state index contributed by atoms with van der Waals surface area (Å²) < 4.78 is 1.73. The topological polar surface area (TPSA) is 92.9 Å². The van der Waals surface area contributed by atoms with Crippen molar-refractivity contribution < 1.29 is 9.90 Å². The van der Waals surface area contributed by atoms with Crippen molar-refractivity contribution in [3.63, 3.8) is 0 Å². The molecular weight excluding hydrogens is 342 g/mol. The van der Waals surface area contributed by atoms with E-state index in [9.17, 15) is 9.90 Å². The molecule has 0 amide bonds. The predicted molar refractivity (Wildman–Crippen MR) is 99.0 cm³/mol. The summed E-state index contributed by atoms with van der Waals surface area (Å²) in [6, 6.07) is 12.1. The first-order valence-corrected chi connectivity index (χ1v) is 8.91. The summed E-state index contributed by atoms with van der Waals surface area (Å²) >= 11 is 0. The molecule has 1 atom stereocenters. The van der Waals surface area contributed by atoms with Gasteiger partial charge in [0, 0.05) is 29.5 Å².